The maximum atomic E-state index is 12.1. The molecule has 0 bridgehead atoms. The highest BCUT2D eigenvalue weighted by Crippen LogP contribution is 2.14. The molecule has 0 saturated heterocycles. The fourth-order valence-corrected chi connectivity index (χ4v) is 2.25. The van der Waals surface area contributed by atoms with Crippen molar-refractivity contribution in [1.82, 2.24) is 10.9 Å². The van der Waals surface area contributed by atoms with Crippen molar-refractivity contribution >= 4 is 17.8 Å². The Morgan fingerprint density at radius 3 is 1.97 bits per heavy atom. The maximum absolute atomic E-state index is 12.1. The summed E-state index contributed by atoms with van der Waals surface area (Å²) in [4.78, 5) is 35.6. The second-order valence-corrected chi connectivity index (χ2v) is 6.77. The molecule has 0 radical (unpaired) electrons. The first-order valence-electron chi connectivity index (χ1n) is 9.61. The van der Waals surface area contributed by atoms with Crippen molar-refractivity contribution in [2.75, 3.05) is 19.8 Å². The highest BCUT2D eigenvalue weighted by Gasteiger charge is 2.10. The Morgan fingerprint density at radius 2 is 1.40 bits per heavy atom. The van der Waals surface area contributed by atoms with Crippen LogP contribution in [0.2, 0.25) is 0 Å². The van der Waals surface area contributed by atoms with E-state index in [1.807, 2.05) is 13.8 Å². The van der Waals surface area contributed by atoms with Crippen LogP contribution in [0.3, 0.4) is 0 Å². The third kappa shape index (κ3) is 7.46. The van der Waals surface area contributed by atoms with E-state index in [9.17, 15) is 14.4 Å². The quantitative estimate of drug-likeness (QED) is 0.483. The predicted octanol–water partition coefficient (Wildman–Crippen LogP) is 2.74. The van der Waals surface area contributed by atoms with Gasteiger partial charge in [-0.05, 0) is 61.4 Å². The molecular weight excluding hydrogens is 388 g/mol. The molecule has 0 spiro atoms. The summed E-state index contributed by atoms with van der Waals surface area (Å²) in [5, 5.41) is 0. The van der Waals surface area contributed by atoms with Crippen LogP contribution in [0.15, 0.2) is 48.5 Å². The number of benzene rings is 2. The number of hydrazine groups is 1. The molecule has 0 saturated carbocycles. The van der Waals surface area contributed by atoms with Gasteiger partial charge in [-0.25, -0.2) is 4.79 Å². The Labute approximate surface area is 175 Å². The lowest BCUT2D eigenvalue weighted by Gasteiger charge is -2.10. The van der Waals surface area contributed by atoms with E-state index in [1.165, 1.54) is 0 Å². The van der Waals surface area contributed by atoms with Crippen LogP contribution in [0.25, 0.3) is 0 Å². The van der Waals surface area contributed by atoms with Crippen LogP contribution >= 0.6 is 0 Å². The van der Waals surface area contributed by atoms with Gasteiger partial charge >= 0.3 is 5.97 Å². The number of carbonyl (C=O) groups excluding carboxylic acids is 3. The molecule has 0 fully saturated rings. The number of nitrogens with one attached hydrogen (secondary N) is 2. The maximum Gasteiger partial charge on any atom is 0.338 e. The van der Waals surface area contributed by atoms with Crippen LogP contribution in [0, 0.1) is 5.92 Å². The lowest BCUT2D eigenvalue weighted by molar-refractivity contribution is -0.123. The van der Waals surface area contributed by atoms with Crippen molar-refractivity contribution < 1.29 is 28.6 Å². The van der Waals surface area contributed by atoms with Gasteiger partial charge in [-0.2, -0.15) is 0 Å². The molecule has 30 heavy (non-hydrogen) atoms. The molecule has 8 nitrogen and oxygen atoms in total. The minimum atomic E-state index is -0.533. The first-order valence-corrected chi connectivity index (χ1v) is 9.61. The summed E-state index contributed by atoms with van der Waals surface area (Å²) in [6.07, 6.45) is 0. The summed E-state index contributed by atoms with van der Waals surface area (Å²) >= 11 is 0. The zero-order chi connectivity index (χ0) is 21.9. The third-order valence-corrected chi connectivity index (χ3v) is 3.75. The molecule has 0 aliphatic heterocycles. The van der Waals surface area contributed by atoms with E-state index < -0.39 is 17.8 Å². The Hall–Kier alpha value is -3.55. The van der Waals surface area contributed by atoms with E-state index in [4.69, 9.17) is 14.2 Å². The van der Waals surface area contributed by atoms with Crippen LogP contribution in [0.1, 0.15) is 41.5 Å². The van der Waals surface area contributed by atoms with Gasteiger partial charge < -0.3 is 14.2 Å². The standard InChI is InChI=1S/C22H26N2O6/c1-4-28-22(27)17-7-11-19(12-8-17)30-14-20(25)23-24-21(26)16-5-9-18(10-6-16)29-13-15(2)3/h5-12,15H,4,13-14H2,1-3H3,(H,23,25)(H,24,26). The van der Waals surface area contributed by atoms with Gasteiger partial charge in [0, 0.05) is 5.56 Å². The minimum Gasteiger partial charge on any atom is -0.493 e. The number of hydrogen-bond donors (Lipinski definition) is 2. The van der Waals surface area contributed by atoms with E-state index in [-0.39, 0.29) is 6.61 Å². The molecule has 0 aliphatic carbocycles. The van der Waals surface area contributed by atoms with E-state index in [0.717, 1.165) is 0 Å². The average Bonchev–Trinajstić information content (AvgIpc) is 2.75. The van der Waals surface area contributed by atoms with Gasteiger partial charge in [0.1, 0.15) is 11.5 Å². The molecule has 8 heteroatoms. The summed E-state index contributed by atoms with van der Waals surface area (Å²) in [6.45, 7) is 6.40. The van der Waals surface area contributed by atoms with Gasteiger partial charge in [-0.15, -0.1) is 0 Å². The predicted molar refractivity (Wildman–Crippen MR) is 110 cm³/mol. The average molecular weight is 414 g/mol. The number of hydrogen-bond acceptors (Lipinski definition) is 6. The second kappa shape index (κ2) is 11.5. The van der Waals surface area contributed by atoms with Crippen molar-refractivity contribution in [3.8, 4) is 11.5 Å². The van der Waals surface area contributed by atoms with Crippen LogP contribution in [0.4, 0.5) is 0 Å². The molecule has 0 aliphatic rings. The van der Waals surface area contributed by atoms with Crippen molar-refractivity contribution in [1.29, 1.82) is 0 Å². The number of amides is 2. The highest BCUT2D eigenvalue weighted by atomic mass is 16.5. The van der Waals surface area contributed by atoms with Gasteiger partial charge in [0.25, 0.3) is 11.8 Å². The Kier molecular flexibility index (Phi) is 8.68. The first kappa shape index (κ1) is 22.7. The van der Waals surface area contributed by atoms with E-state index >= 15 is 0 Å². The third-order valence-electron chi connectivity index (χ3n) is 3.75. The molecule has 2 N–H and O–H groups in total. The van der Waals surface area contributed by atoms with Gasteiger partial charge in [0.05, 0.1) is 18.8 Å². The zero-order valence-corrected chi connectivity index (χ0v) is 17.3. The molecule has 2 rings (SSSR count). The minimum absolute atomic E-state index is 0.291. The Bertz CT molecular complexity index is 847. The molecule has 2 amide bonds. The SMILES string of the molecule is CCOC(=O)c1ccc(OCC(=O)NNC(=O)c2ccc(OCC(C)C)cc2)cc1. The number of rotatable bonds is 9. The van der Waals surface area contributed by atoms with Crippen LogP contribution in [0.5, 0.6) is 11.5 Å². The topological polar surface area (TPSA) is 103 Å². The van der Waals surface area contributed by atoms with E-state index in [1.54, 1.807) is 55.5 Å². The number of esters is 1. The van der Waals surface area contributed by atoms with Crippen molar-refractivity contribution in [3.63, 3.8) is 0 Å². The van der Waals surface area contributed by atoms with Crippen LogP contribution in [-0.4, -0.2) is 37.6 Å². The fraction of sp³-hybridized carbons (Fsp3) is 0.318. The lowest BCUT2D eigenvalue weighted by Crippen LogP contribution is -2.43. The molecule has 0 atom stereocenters. The largest absolute Gasteiger partial charge is 0.493 e. The molecule has 0 heterocycles. The summed E-state index contributed by atoms with van der Waals surface area (Å²) in [5.41, 5.74) is 5.37. The second-order valence-electron chi connectivity index (χ2n) is 6.77. The summed E-state index contributed by atoms with van der Waals surface area (Å²) in [6, 6.07) is 12.8. The van der Waals surface area contributed by atoms with Gasteiger partial charge in [0.15, 0.2) is 6.61 Å². The monoisotopic (exact) mass is 414 g/mol. The molecule has 2 aromatic rings. The van der Waals surface area contributed by atoms with Gasteiger partial charge in [0.2, 0.25) is 0 Å². The lowest BCUT2D eigenvalue weighted by atomic mass is 10.2. The van der Waals surface area contributed by atoms with Crippen molar-refractivity contribution in [2.24, 2.45) is 5.92 Å². The number of ether oxygens (including phenoxy) is 3. The Balaban J connectivity index is 1.75. The summed E-state index contributed by atoms with van der Waals surface area (Å²) in [7, 11) is 0. The molecule has 0 unspecified atom stereocenters. The van der Waals surface area contributed by atoms with Crippen molar-refractivity contribution in [3.05, 3.63) is 59.7 Å². The molecular formula is C22H26N2O6. The highest BCUT2D eigenvalue weighted by molar-refractivity contribution is 5.95. The van der Waals surface area contributed by atoms with E-state index in [2.05, 4.69) is 10.9 Å². The van der Waals surface area contributed by atoms with Crippen LogP contribution in [-0.2, 0) is 9.53 Å². The molecule has 2 aromatic carbocycles. The first-order chi connectivity index (χ1) is 14.4. The molecule has 0 aromatic heterocycles. The normalized spacial score (nSPS) is 10.3. The Morgan fingerprint density at radius 1 is 0.833 bits per heavy atom. The smallest absolute Gasteiger partial charge is 0.338 e. The number of carbonyl (C=O) groups is 3. The van der Waals surface area contributed by atoms with E-state index in [0.29, 0.717) is 41.8 Å². The summed E-state index contributed by atoms with van der Waals surface area (Å²) in [5.74, 6) is 0.0605. The zero-order valence-electron chi connectivity index (χ0n) is 17.3. The van der Waals surface area contributed by atoms with Crippen LogP contribution < -0.4 is 20.3 Å². The molecule has 160 valence electrons. The summed E-state index contributed by atoms with van der Waals surface area (Å²) < 4.78 is 15.8. The van der Waals surface area contributed by atoms with Crippen molar-refractivity contribution in [2.45, 2.75) is 20.8 Å². The van der Waals surface area contributed by atoms with Gasteiger partial charge in [-0.1, -0.05) is 13.8 Å². The van der Waals surface area contributed by atoms with Gasteiger partial charge in [-0.3, -0.25) is 20.4 Å². The fourth-order valence-electron chi connectivity index (χ4n) is 2.25.